The Morgan fingerprint density at radius 1 is 1.38 bits per heavy atom. The summed E-state index contributed by atoms with van der Waals surface area (Å²) in [6.45, 7) is 2.53. The van der Waals surface area contributed by atoms with Gasteiger partial charge in [0, 0.05) is 18.8 Å². The average molecular weight is 343 g/mol. The Balaban J connectivity index is 2.07. The number of pyridine rings is 1. The fraction of sp³-hybridized carbons (Fsp3) is 0.429. The smallest absolute Gasteiger partial charge is 0.348 e. The number of nitrogens with one attached hydrogen (secondary N) is 1. The lowest BCUT2D eigenvalue weighted by Gasteiger charge is -2.18. The maximum atomic E-state index is 12.4. The number of hydrogen-bond donors (Lipinski definition) is 1. The van der Waals surface area contributed by atoms with Gasteiger partial charge in [0.15, 0.2) is 0 Å². The van der Waals surface area contributed by atoms with Gasteiger partial charge in [-0.2, -0.15) is 18.2 Å². The molecule has 0 spiro atoms. The molecule has 1 atom stereocenters. The number of nitrogens with zero attached hydrogens (tertiary/aromatic N) is 4. The standard InChI is InChI=1S/C14H16F3N5O2/c1-8(7-22(2)3)19-12(23)9-4-5-10(18-6-9)11-20-13(24-21-11)14(15,16)17/h4-6,8H,7H2,1-3H3,(H,19,23)/t8-/m1/s1. The first-order valence-corrected chi connectivity index (χ1v) is 6.99. The van der Waals surface area contributed by atoms with Crippen molar-refractivity contribution in [1.29, 1.82) is 0 Å². The van der Waals surface area contributed by atoms with Gasteiger partial charge in [0.05, 0.1) is 5.56 Å². The van der Waals surface area contributed by atoms with Gasteiger partial charge in [0.25, 0.3) is 5.91 Å². The first-order chi connectivity index (χ1) is 11.2. The van der Waals surface area contributed by atoms with Gasteiger partial charge >= 0.3 is 12.1 Å². The molecule has 10 heteroatoms. The second kappa shape index (κ2) is 6.95. The van der Waals surface area contributed by atoms with E-state index < -0.39 is 12.1 Å². The maximum absolute atomic E-state index is 12.4. The van der Waals surface area contributed by atoms with E-state index in [9.17, 15) is 18.0 Å². The normalized spacial score (nSPS) is 13.1. The van der Waals surface area contributed by atoms with E-state index >= 15 is 0 Å². The molecule has 0 aliphatic rings. The zero-order valence-corrected chi connectivity index (χ0v) is 13.3. The number of likely N-dealkylation sites (N-methyl/N-ethyl adjacent to an activating group) is 1. The molecule has 2 rings (SSSR count). The second-order valence-corrected chi connectivity index (χ2v) is 5.49. The fourth-order valence-electron chi connectivity index (χ4n) is 2.00. The van der Waals surface area contributed by atoms with Gasteiger partial charge in [0.2, 0.25) is 5.82 Å². The highest BCUT2D eigenvalue weighted by Crippen LogP contribution is 2.28. The van der Waals surface area contributed by atoms with Crippen molar-refractivity contribution in [2.45, 2.75) is 19.1 Å². The van der Waals surface area contributed by atoms with Crippen LogP contribution < -0.4 is 5.32 Å². The molecule has 0 aliphatic heterocycles. The molecule has 1 amide bonds. The number of amides is 1. The predicted octanol–water partition coefficient (Wildman–Crippen LogP) is 1.83. The maximum Gasteiger partial charge on any atom is 0.471 e. The summed E-state index contributed by atoms with van der Waals surface area (Å²) >= 11 is 0. The van der Waals surface area contributed by atoms with Crippen LogP contribution in [0.1, 0.15) is 23.2 Å². The Hall–Kier alpha value is -2.49. The van der Waals surface area contributed by atoms with E-state index in [2.05, 4.69) is 25.0 Å². The number of rotatable bonds is 5. The van der Waals surface area contributed by atoms with Crippen LogP contribution in [-0.2, 0) is 6.18 Å². The van der Waals surface area contributed by atoms with Crippen LogP contribution >= 0.6 is 0 Å². The summed E-state index contributed by atoms with van der Waals surface area (Å²) in [4.78, 5) is 21.1. The van der Waals surface area contributed by atoms with Crippen molar-refractivity contribution < 1.29 is 22.5 Å². The summed E-state index contributed by atoms with van der Waals surface area (Å²) in [5.41, 5.74) is 0.357. The number of carbonyl (C=O) groups excluding carboxylic acids is 1. The number of aromatic nitrogens is 3. The van der Waals surface area contributed by atoms with E-state index in [1.807, 2.05) is 25.9 Å². The molecular weight excluding hydrogens is 327 g/mol. The Bertz CT molecular complexity index is 697. The molecule has 2 heterocycles. The van der Waals surface area contributed by atoms with Crippen LogP contribution in [-0.4, -0.2) is 52.6 Å². The molecule has 24 heavy (non-hydrogen) atoms. The zero-order chi connectivity index (χ0) is 17.9. The highest BCUT2D eigenvalue weighted by molar-refractivity contribution is 5.94. The molecule has 0 unspecified atom stereocenters. The van der Waals surface area contributed by atoms with Crippen molar-refractivity contribution in [1.82, 2.24) is 25.3 Å². The molecule has 0 saturated heterocycles. The lowest BCUT2D eigenvalue weighted by atomic mass is 10.2. The number of carbonyl (C=O) groups is 1. The third kappa shape index (κ3) is 4.51. The van der Waals surface area contributed by atoms with Gasteiger partial charge in [-0.3, -0.25) is 9.78 Å². The van der Waals surface area contributed by atoms with E-state index in [0.717, 1.165) is 0 Å². The summed E-state index contributed by atoms with van der Waals surface area (Å²) in [5.74, 6) is -2.07. The SMILES string of the molecule is C[C@H](CN(C)C)NC(=O)c1ccc(-c2noc(C(F)(F)F)n2)nc1. The van der Waals surface area contributed by atoms with Gasteiger partial charge in [-0.25, -0.2) is 0 Å². The molecule has 7 nitrogen and oxygen atoms in total. The minimum Gasteiger partial charge on any atom is -0.348 e. The number of hydrogen-bond acceptors (Lipinski definition) is 6. The van der Waals surface area contributed by atoms with Gasteiger partial charge in [-0.05, 0) is 33.2 Å². The summed E-state index contributed by atoms with van der Waals surface area (Å²) in [5, 5.41) is 6.03. The third-order valence-corrected chi connectivity index (χ3v) is 2.94. The van der Waals surface area contributed by atoms with Crippen molar-refractivity contribution in [3.8, 4) is 11.5 Å². The lowest BCUT2D eigenvalue weighted by molar-refractivity contribution is -0.159. The average Bonchev–Trinajstić information content (AvgIpc) is 2.96. The van der Waals surface area contributed by atoms with Gasteiger partial charge in [-0.1, -0.05) is 5.16 Å². The summed E-state index contributed by atoms with van der Waals surface area (Å²) < 4.78 is 41.4. The van der Waals surface area contributed by atoms with Crippen LogP contribution in [0, 0.1) is 0 Å². The first-order valence-electron chi connectivity index (χ1n) is 6.99. The fourth-order valence-corrected chi connectivity index (χ4v) is 2.00. The second-order valence-electron chi connectivity index (χ2n) is 5.49. The number of halogens is 3. The molecule has 1 N–H and O–H groups in total. The molecule has 0 saturated carbocycles. The minimum absolute atomic E-state index is 0.0706. The van der Waals surface area contributed by atoms with E-state index in [4.69, 9.17) is 0 Å². The Morgan fingerprint density at radius 3 is 2.58 bits per heavy atom. The van der Waals surface area contributed by atoms with Crippen LogP contribution in [0.4, 0.5) is 13.2 Å². The van der Waals surface area contributed by atoms with Gasteiger partial charge < -0.3 is 14.7 Å². The van der Waals surface area contributed by atoms with E-state index in [-0.39, 0.29) is 29.0 Å². The van der Waals surface area contributed by atoms with Gasteiger partial charge in [0.1, 0.15) is 5.69 Å². The summed E-state index contributed by atoms with van der Waals surface area (Å²) in [6, 6.07) is 2.72. The minimum atomic E-state index is -4.71. The molecule has 2 aromatic heterocycles. The van der Waals surface area contributed by atoms with E-state index in [0.29, 0.717) is 6.54 Å². The van der Waals surface area contributed by atoms with Crippen LogP contribution in [0.3, 0.4) is 0 Å². The largest absolute Gasteiger partial charge is 0.471 e. The van der Waals surface area contributed by atoms with Crippen molar-refractivity contribution >= 4 is 5.91 Å². The molecular formula is C14H16F3N5O2. The van der Waals surface area contributed by atoms with Crippen LogP contribution in [0.25, 0.3) is 11.5 Å². The molecule has 0 fully saturated rings. The summed E-state index contributed by atoms with van der Waals surface area (Å²) in [7, 11) is 3.78. The molecule has 0 radical (unpaired) electrons. The highest BCUT2D eigenvalue weighted by Gasteiger charge is 2.38. The van der Waals surface area contributed by atoms with E-state index in [1.165, 1.54) is 18.3 Å². The molecule has 0 bridgehead atoms. The number of alkyl halides is 3. The lowest BCUT2D eigenvalue weighted by Crippen LogP contribution is -2.39. The van der Waals surface area contributed by atoms with Crippen LogP contribution in [0.5, 0.6) is 0 Å². The van der Waals surface area contributed by atoms with Crippen molar-refractivity contribution in [3.63, 3.8) is 0 Å². The van der Waals surface area contributed by atoms with Gasteiger partial charge in [-0.15, -0.1) is 0 Å². The molecule has 0 aromatic carbocycles. The van der Waals surface area contributed by atoms with Crippen molar-refractivity contribution in [2.75, 3.05) is 20.6 Å². The highest BCUT2D eigenvalue weighted by atomic mass is 19.4. The summed E-state index contributed by atoms with van der Waals surface area (Å²) in [6.07, 6.45) is -3.47. The first kappa shape index (κ1) is 17.9. The third-order valence-electron chi connectivity index (χ3n) is 2.94. The Morgan fingerprint density at radius 2 is 2.08 bits per heavy atom. The Labute approximate surface area is 135 Å². The van der Waals surface area contributed by atoms with Crippen LogP contribution in [0.15, 0.2) is 22.9 Å². The molecule has 0 aliphatic carbocycles. The predicted molar refractivity (Wildman–Crippen MR) is 78.0 cm³/mol. The molecule has 130 valence electrons. The zero-order valence-electron chi connectivity index (χ0n) is 13.3. The van der Waals surface area contributed by atoms with Crippen molar-refractivity contribution in [2.24, 2.45) is 0 Å². The monoisotopic (exact) mass is 343 g/mol. The van der Waals surface area contributed by atoms with Crippen molar-refractivity contribution in [3.05, 3.63) is 29.8 Å². The Kier molecular flexibility index (Phi) is 5.17. The quantitative estimate of drug-likeness (QED) is 0.892. The molecule has 2 aromatic rings. The van der Waals surface area contributed by atoms with E-state index in [1.54, 1.807) is 0 Å². The topological polar surface area (TPSA) is 84.2 Å². The van der Waals surface area contributed by atoms with Crippen LogP contribution in [0.2, 0.25) is 0 Å².